The van der Waals surface area contributed by atoms with Crippen molar-refractivity contribution in [1.29, 1.82) is 0 Å². The quantitative estimate of drug-likeness (QED) is 0.391. The van der Waals surface area contributed by atoms with E-state index in [1.54, 1.807) is 30.3 Å². The van der Waals surface area contributed by atoms with E-state index < -0.39 is 21.2 Å². The molecule has 2 N–H and O–H groups in total. The Morgan fingerprint density at radius 3 is 2.23 bits per heavy atom. The first-order chi connectivity index (χ1) is 10.4. The van der Waals surface area contributed by atoms with Gasteiger partial charge in [-0.05, 0) is 5.56 Å². The third kappa shape index (κ3) is 3.06. The van der Waals surface area contributed by atoms with Crippen molar-refractivity contribution in [1.82, 2.24) is 0 Å². The summed E-state index contributed by atoms with van der Waals surface area (Å²) in [6.45, 7) is 0. The number of ketones is 1. The van der Waals surface area contributed by atoms with Crippen molar-refractivity contribution < 1.29 is 14.6 Å². The van der Waals surface area contributed by atoms with Crippen LogP contribution in [0.5, 0.6) is 0 Å². The Morgan fingerprint density at radius 2 is 1.68 bits per heavy atom. The van der Waals surface area contributed by atoms with Gasteiger partial charge in [0.15, 0.2) is 5.78 Å². The first-order valence-corrected chi connectivity index (χ1v) is 6.19. The van der Waals surface area contributed by atoms with Gasteiger partial charge in [0.1, 0.15) is 5.69 Å². The van der Waals surface area contributed by atoms with E-state index in [0.717, 1.165) is 12.1 Å². The zero-order valence-electron chi connectivity index (χ0n) is 11.3. The maximum absolute atomic E-state index is 12.1. The van der Waals surface area contributed by atoms with Gasteiger partial charge in [0, 0.05) is 18.1 Å². The molecule has 0 aliphatic heterocycles. The molecule has 0 saturated carbocycles. The van der Waals surface area contributed by atoms with E-state index in [-0.39, 0.29) is 23.5 Å². The van der Waals surface area contributed by atoms with Crippen LogP contribution in [0.2, 0.25) is 0 Å². The first kappa shape index (κ1) is 15.1. The third-order valence-electron chi connectivity index (χ3n) is 3.08. The molecule has 0 spiro atoms. The summed E-state index contributed by atoms with van der Waals surface area (Å²) in [5.41, 5.74) is 4.84. The molecule has 0 bridgehead atoms. The molecule has 22 heavy (non-hydrogen) atoms. The summed E-state index contributed by atoms with van der Waals surface area (Å²) < 4.78 is 0. The molecule has 0 aromatic heterocycles. The minimum absolute atomic E-state index is 0.0646. The van der Waals surface area contributed by atoms with Gasteiger partial charge in [-0.2, -0.15) is 0 Å². The molecule has 8 nitrogen and oxygen atoms in total. The second-order valence-electron chi connectivity index (χ2n) is 4.52. The molecule has 8 heteroatoms. The van der Waals surface area contributed by atoms with E-state index in [1.165, 1.54) is 0 Å². The number of anilines is 1. The highest BCUT2D eigenvalue weighted by Crippen LogP contribution is 2.31. The molecule has 2 rings (SSSR count). The smallest absolute Gasteiger partial charge is 0.299 e. The monoisotopic (exact) mass is 301 g/mol. The predicted molar refractivity (Wildman–Crippen MR) is 78.6 cm³/mol. The average Bonchev–Trinajstić information content (AvgIpc) is 2.49. The minimum atomic E-state index is -0.807. The van der Waals surface area contributed by atoms with Crippen molar-refractivity contribution in [2.24, 2.45) is 0 Å². The highest BCUT2D eigenvalue weighted by molar-refractivity contribution is 5.98. The molecule has 0 radical (unpaired) electrons. The number of Topliss-reactive ketones (excluding diaryl/α,β-unsaturated/α-hetero) is 1. The van der Waals surface area contributed by atoms with Crippen LogP contribution in [-0.4, -0.2) is 15.6 Å². The lowest BCUT2D eigenvalue weighted by molar-refractivity contribution is -0.393. The summed E-state index contributed by atoms with van der Waals surface area (Å²) in [6.07, 6.45) is -0.252. The molecule has 0 fully saturated rings. The lowest BCUT2D eigenvalue weighted by Crippen LogP contribution is -2.08. The number of nitro benzene ring substituents is 2. The summed E-state index contributed by atoms with van der Waals surface area (Å²) in [4.78, 5) is 32.3. The van der Waals surface area contributed by atoms with E-state index in [4.69, 9.17) is 5.73 Å². The summed E-state index contributed by atoms with van der Waals surface area (Å²) in [5.74, 6) is -0.331. The summed E-state index contributed by atoms with van der Waals surface area (Å²) in [7, 11) is 0. The number of nitrogens with zero attached hydrogens (tertiary/aromatic N) is 2. The zero-order chi connectivity index (χ0) is 16.3. The Labute approximate surface area is 124 Å². The Kier molecular flexibility index (Phi) is 4.12. The van der Waals surface area contributed by atoms with Crippen LogP contribution >= 0.6 is 0 Å². The molecule has 0 heterocycles. The van der Waals surface area contributed by atoms with Crippen LogP contribution in [0.15, 0.2) is 42.5 Å². The van der Waals surface area contributed by atoms with E-state index in [9.17, 15) is 25.0 Å². The van der Waals surface area contributed by atoms with E-state index >= 15 is 0 Å². The second kappa shape index (κ2) is 6.00. The van der Waals surface area contributed by atoms with Crippen molar-refractivity contribution in [3.8, 4) is 0 Å². The van der Waals surface area contributed by atoms with Crippen LogP contribution < -0.4 is 5.73 Å². The molecular weight excluding hydrogens is 290 g/mol. The number of benzene rings is 2. The SMILES string of the molecule is Nc1c(CC(=O)c2ccccc2)cc([N+](=O)[O-])cc1[N+](=O)[O-]. The van der Waals surface area contributed by atoms with Gasteiger partial charge in [-0.1, -0.05) is 30.3 Å². The van der Waals surface area contributed by atoms with Gasteiger partial charge in [-0.3, -0.25) is 25.0 Å². The van der Waals surface area contributed by atoms with E-state index in [0.29, 0.717) is 5.56 Å². The van der Waals surface area contributed by atoms with Crippen molar-refractivity contribution in [2.45, 2.75) is 6.42 Å². The third-order valence-corrected chi connectivity index (χ3v) is 3.08. The van der Waals surface area contributed by atoms with Gasteiger partial charge >= 0.3 is 0 Å². The number of nitrogens with two attached hydrogens (primary N) is 1. The summed E-state index contributed by atoms with van der Waals surface area (Å²) in [6, 6.07) is 10.1. The molecule has 0 aliphatic carbocycles. The number of nitrogen functional groups attached to an aromatic ring is 1. The molecule has 0 unspecified atom stereocenters. The zero-order valence-corrected chi connectivity index (χ0v) is 11.3. The standard InChI is InChI=1S/C14H11N3O5/c15-14-10(7-13(18)9-4-2-1-3-5-9)6-11(16(19)20)8-12(14)17(21)22/h1-6,8H,7,15H2. The lowest BCUT2D eigenvalue weighted by Gasteiger charge is -2.06. The molecule has 112 valence electrons. The van der Waals surface area contributed by atoms with Crippen LogP contribution in [0.4, 0.5) is 17.1 Å². The van der Waals surface area contributed by atoms with Gasteiger partial charge in [0.25, 0.3) is 11.4 Å². The van der Waals surface area contributed by atoms with Crippen LogP contribution in [0.3, 0.4) is 0 Å². The molecule has 2 aromatic rings. The summed E-state index contributed by atoms with van der Waals surface area (Å²) in [5, 5.41) is 21.8. The fourth-order valence-corrected chi connectivity index (χ4v) is 1.98. The highest BCUT2D eigenvalue weighted by Gasteiger charge is 2.23. The molecule has 0 amide bonds. The van der Waals surface area contributed by atoms with Gasteiger partial charge < -0.3 is 5.73 Å². The molecule has 0 saturated heterocycles. The Balaban J connectivity index is 2.44. The van der Waals surface area contributed by atoms with Gasteiger partial charge in [0.05, 0.1) is 15.9 Å². The van der Waals surface area contributed by atoms with Crippen LogP contribution in [0, 0.1) is 20.2 Å². The number of carbonyl (C=O) groups is 1. The number of hydrogen-bond donors (Lipinski definition) is 1. The molecule has 0 atom stereocenters. The van der Waals surface area contributed by atoms with Gasteiger partial charge in [0.2, 0.25) is 0 Å². The number of non-ortho nitro benzene ring substituents is 1. The van der Waals surface area contributed by atoms with Crippen molar-refractivity contribution in [3.05, 3.63) is 73.8 Å². The molecular formula is C14H11N3O5. The fourth-order valence-electron chi connectivity index (χ4n) is 1.98. The number of carbonyl (C=O) groups excluding carboxylic acids is 1. The fraction of sp³-hybridized carbons (Fsp3) is 0.0714. The van der Waals surface area contributed by atoms with Gasteiger partial charge in [-0.15, -0.1) is 0 Å². The summed E-state index contributed by atoms with van der Waals surface area (Å²) >= 11 is 0. The molecule has 0 aliphatic rings. The maximum Gasteiger partial charge on any atom is 0.299 e. The van der Waals surface area contributed by atoms with Crippen molar-refractivity contribution in [3.63, 3.8) is 0 Å². The van der Waals surface area contributed by atoms with E-state index in [2.05, 4.69) is 0 Å². The van der Waals surface area contributed by atoms with Crippen molar-refractivity contribution >= 4 is 22.8 Å². The largest absolute Gasteiger partial charge is 0.393 e. The highest BCUT2D eigenvalue weighted by atomic mass is 16.6. The maximum atomic E-state index is 12.1. The minimum Gasteiger partial charge on any atom is -0.393 e. The number of rotatable bonds is 5. The van der Waals surface area contributed by atoms with Crippen LogP contribution in [-0.2, 0) is 6.42 Å². The van der Waals surface area contributed by atoms with E-state index in [1.807, 2.05) is 0 Å². The number of nitro groups is 2. The first-order valence-electron chi connectivity index (χ1n) is 6.19. The number of hydrogen-bond acceptors (Lipinski definition) is 6. The topological polar surface area (TPSA) is 129 Å². The predicted octanol–water partition coefficient (Wildman–Crippen LogP) is 2.51. The van der Waals surface area contributed by atoms with Crippen LogP contribution in [0.25, 0.3) is 0 Å². The second-order valence-corrected chi connectivity index (χ2v) is 4.52. The normalized spacial score (nSPS) is 10.2. The Hall–Kier alpha value is -3.29. The molecule has 2 aromatic carbocycles. The Morgan fingerprint density at radius 1 is 1.05 bits per heavy atom. The van der Waals surface area contributed by atoms with Gasteiger partial charge in [-0.25, -0.2) is 0 Å². The van der Waals surface area contributed by atoms with Crippen molar-refractivity contribution in [2.75, 3.05) is 5.73 Å². The van der Waals surface area contributed by atoms with Crippen LogP contribution in [0.1, 0.15) is 15.9 Å². The lowest BCUT2D eigenvalue weighted by atomic mass is 10.0. The Bertz CT molecular complexity index is 759. The average molecular weight is 301 g/mol.